The molecule has 1 heterocycles. The Hall–Kier alpha value is -3.33. The highest BCUT2D eigenvalue weighted by atomic mass is 16.2. The SMILES string of the molecule is CC(=O)N(CCC(=O)Nc1cccc(C#N)c1)c1ccc(N2CCCC2)cc1. The van der Waals surface area contributed by atoms with Gasteiger partial charge < -0.3 is 15.1 Å². The van der Waals surface area contributed by atoms with Crippen molar-refractivity contribution in [2.24, 2.45) is 0 Å². The molecule has 6 nitrogen and oxygen atoms in total. The maximum Gasteiger partial charge on any atom is 0.226 e. The lowest BCUT2D eigenvalue weighted by Gasteiger charge is -2.23. The minimum Gasteiger partial charge on any atom is -0.372 e. The molecule has 1 aliphatic rings. The van der Waals surface area contributed by atoms with Crippen molar-refractivity contribution in [3.63, 3.8) is 0 Å². The van der Waals surface area contributed by atoms with E-state index in [0.29, 0.717) is 17.8 Å². The van der Waals surface area contributed by atoms with Crippen LogP contribution in [0.1, 0.15) is 31.7 Å². The summed E-state index contributed by atoms with van der Waals surface area (Å²) >= 11 is 0. The first-order chi connectivity index (χ1) is 13.6. The average molecular weight is 376 g/mol. The van der Waals surface area contributed by atoms with Gasteiger partial charge in [-0.25, -0.2) is 0 Å². The standard InChI is InChI=1S/C22H24N4O2/c1-17(27)26(21-9-7-20(8-10-21)25-12-2-3-13-25)14-11-22(28)24-19-6-4-5-18(15-19)16-23/h4-10,15H,2-3,11-14H2,1H3,(H,24,28). The van der Waals surface area contributed by atoms with E-state index >= 15 is 0 Å². The van der Waals surface area contributed by atoms with Gasteiger partial charge in [-0.1, -0.05) is 6.07 Å². The van der Waals surface area contributed by atoms with Crippen LogP contribution in [0, 0.1) is 11.3 Å². The molecule has 1 fully saturated rings. The molecule has 0 saturated carbocycles. The second-order valence-corrected chi connectivity index (χ2v) is 6.87. The Labute approximate surface area is 165 Å². The van der Waals surface area contributed by atoms with Crippen LogP contribution in [0.2, 0.25) is 0 Å². The molecule has 1 N–H and O–H groups in total. The molecular formula is C22H24N4O2. The highest BCUT2D eigenvalue weighted by molar-refractivity contribution is 5.95. The number of carbonyl (C=O) groups excluding carboxylic acids is 2. The fourth-order valence-corrected chi connectivity index (χ4v) is 3.39. The minimum absolute atomic E-state index is 0.104. The van der Waals surface area contributed by atoms with E-state index in [4.69, 9.17) is 5.26 Å². The lowest BCUT2D eigenvalue weighted by atomic mass is 10.2. The zero-order valence-corrected chi connectivity index (χ0v) is 16.0. The monoisotopic (exact) mass is 376 g/mol. The number of anilines is 3. The van der Waals surface area contributed by atoms with Gasteiger partial charge in [0.15, 0.2) is 0 Å². The predicted molar refractivity (Wildman–Crippen MR) is 110 cm³/mol. The van der Waals surface area contributed by atoms with Crippen LogP contribution in [0.3, 0.4) is 0 Å². The maximum absolute atomic E-state index is 12.3. The number of hydrogen-bond donors (Lipinski definition) is 1. The minimum atomic E-state index is -0.199. The van der Waals surface area contributed by atoms with E-state index in [-0.39, 0.29) is 18.2 Å². The first kappa shape index (κ1) is 19.4. The highest BCUT2D eigenvalue weighted by Gasteiger charge is 2.16. The van der Waals surface area contributed by atoms with Gasteiger partial charge in [0.2, 0.25) is 11.8 Å². The Morgan fingerprint density at radius 2 is 1.86 bits per heavy atom. The van der Waals surface area contributed by atoms with Crippen molar-refractivity contribution in [2.75, 3.05) is 34.8 Å². The summed E-state index contributed by atoms with van der Waals surface area (Å²) in [5.74, 6) is -0.303. The third kappa shape index (κ3) is 4.89. The first-order valence-electron chi connectivity index (χ1n) is 9.50. The van der Waals surface area contributed by atoms with Crippen LogP contribution in [-0.2, 0) is 9.59 Å². The van der Waals surface area contributed by atoms with Crippen molar-refractivity contribution in [1.82, 2.24) is 0 Å². The number of nitriles is 1. The van der Waals surface area contributed by atoms with Crippen LogP contribution in [-0.4, -0.2) is 31.4 Å². The van der Waals surface area contributed by atoms with Gasteiger partial charge in [-0.2, -0.15) is 5.26 Å². The van der Waals surface area contributed by atoms with Gasteiger partial charge in [0.05, 0.1) is 11.6 Å². The molecule has 144 valence electrons. The fraction of sp³-hybridized carbons (Fsp3) is 0.318. The normalized spacial score (nSPS) is 13.1. The molecule has 0 bridgehead atoms. The van der Waals surface area contributed by atoms with E-state index < -0.39 is 0 Å². The molecule has 0 radical (unpaired) electrons. The summed E-state index contributed by atoms with van der Waals surface area (Å²) in [6.45, 7) is 3.94. The Morgan fingerprint density at radius 3 is 2.50 bits per heavy atom. The van der Waals surface area contributed by atoms with Crippen LogP contribution in [0.4, 0.5) is 17.1 Å². The first-order valence-corrected chi connectivity index (χ1v) is 9.50. The second-order valence-electron chi connectivity index (χ2n) is 6.87. The van der Waals surface area contributed by atoms with Crippen molar-refractivity contribution >= 4 is 28.9 Å². The van der Waals surface area contributed by atoms with E-state index in [1.165, 1.54) is 25.5 Å². The molecule has 6 heteroatoms. The quantitative estimate of drug-likeness (QED) is 0.837. The van der Waals surface area contributed by atoms with Crippen molar-refractivity contribution in [3.8, 4) is 6.07 Å². The maximum atomic E-state index is 12.3. The van der Waals surface area contributed by atoms with Crippen molar-refractivity contribution < 1.29 is 9.59 Å². The van der Waals surface area contributed by atoms with E-state index in [0.717, 1.165) is 18.8 Å². The van der Waals surface area contributed by atoms with E-state index in [1.807, 2.05) is 30.3 Å². The lowest BCUT2D eigenvalue weighted by molar-refractivity contribution is -0.117. The third-order valence-electron chi connectivity index (χ3n) is 4.85. The summed E-state index contributed by atoms with van der Waals surface area (Å²) in [5.41, 5.74) is 3.02. The third-order valence-corrected chi connectivity index (χ3v) is 4.85. The van der Waals surface area contributed by atoms with Gasteiger partial charge >= 0.3 is 0 Å². The Morgan fingerprint density at radius 1 is 1.14 bits per heavy atom. The Kier molecular flexibility index (Phi) is 6.28. The summed E-state index contributed by atoms with van der Waals surface area (Å²) in [4.78, 5) is 28.3. The summed E-state index contributed by atoms with van der Waals surface area (Å²) in [5, 5.41) is 11.7. The van der Waals surface area contributed by atoms with Crippen LogP contribution < -0.4 is 15.1 Å². The fourth-order valence-electron chi connectivity index (χ4n) is 3.39. The molecule has 28 heavy (non-hydrogen) atoms. The van der Waals surface area contributed by atoms with E-state index in [2.05, 4.69) is 10.2 Å². The molecule has 1 aliphatic heterocycles. The van der Waals surface area contributed by atoms with Crippen LogP contribution >= 0.6 is 0 Å². The molecule has 0 unspecified atom stereocenters. The number of nitrogens with one attached hydrogen (secondary N) is 1. The van der Waals surface area contributed by atoms with Gasteiger partial charge in [-0.3, -0.25) is 9.59 Å². The largest absolute Gasteiger partial charge is 0.372 e. The molecule has 1 saturated heterocycles. The van der Waals surface area contributed by atoms with Gasteiger partial charge in [0.1, 0.15) is 0 Å². The summed E-state index contributed by atoms with van der Waals surface area (Å²) < 4.78 is 0. The van der Waals surface area contributed by atoms with Crippen molar-refractivity contribution in [3.05, 3.63) is 54.1 Å². The smallest absolute Gasteiger partial charge is 0.226 e. The van der Waals surface area contributed by atoms with Crippen LogP contribution in [0.5, 0.6) is 0 Å². The number of nitrogens with zero attached hydrogens (tertiary/aromatic N) is 3. The molecule has 2 amide bonds. The molecule has 0 aliphatic carbocycles. The number of rotatable bonds is 6. The van der Waals surface area contributed by atoms with Crippen LogP contribution in [0.15, 0.2) is 48.5 Å². The van der Waals surface area contributed by atoms with Gasteiger partial charge in [-0.15, -0.1) is 0 Å². The van der Waals surface area contributed by atoms with Gasteiger partial charge in [-0.05, 0) is 55.3 Å². The van der Waals surface area contributed by atoms with Gasteiger partial charge in [0.25, 0.3) is 0 Å². The zero-order chi connectivity index (χ0) is 19.9. The molecule has 0 aromatic heterocycles. The Balaban J connectivity index is 1.60. The van der Waals surface area contributed by atoms with Crippen molar-refractivity contribution in [2.45, 2.75) is 26.2 Å². The number of hydrogen-bond acceptors (Lipinski definition) is 4. The predicted octanol–water partition coefficient (Wildman–Crippen LogP) is 3.54. The number of amides is 2. The molecule has 0 spiro atoms. The Bertz CT molecular complexity index is 880. The second kappa shape index (κ2) is 9.05. The summed E-state index contributed by atoms with van der Waals surface area (Å²) in [6, 6.07) is 16.7. The molecule has 2 aromatic carbocycles. The van der Waals surface area contributed by atoms with E-state index in [9.17, 15) is 9.59 Å². The lowest BCUT2D eigenvalue weighted by Crippen LogP contribution is -2.32. The van der Waals surface area contributed by atoms with E-state index in [1.54, 1.807) is 29.2 Å². The zero-order valence-electron chi connectivity index (χ0n) is 16.0. The highest BCUT2D eigenvalue weighted by Crippen LogP contribution is 2.24. The summed E-state index contributed by atoms with van der Waals surface area (Å²) in [6.07, 6.45) is 2.60. The molecular weight excluding hydrogens is 352 g/mol. The average Bonchev–Trinajstić information content (AvgIpc) is 3.23. The molecule has 2 aromatic rings. The van der Waals surface area contributed by atoms with Crippen molar-refractivity contribution in [1.29, 1.82) is 5.26 Å². The molecule has 0 atom stereocenters. The molecule has 3 rings (SSSR count). The summed E-state index contributed by atoms with van der Waals surface area (Å²) in [7, 11) is 0. The topological polar surface area (TPSA) is 76.4 Å². The number of carbonyl (C=O) groups is 2. The van der Waals surface area contributed by atoms with Crippen LogP contribution in [0.25, 0.3) is 0 Å². The number of benzene rings is 2. The van der Waals surface area contributed by atoms with Gasteiger partial charge in [0, 0.05) is 50.0 Å².